The second kappa shape index (κ2) is 7.55. The van der Waals surface area contributed by atoms with Crippen LogP contribution in [0.5, 0.6) is 0 Å². The van der Waals surface area contributed by atoms with E-state index in [9.17, 15) is 13.2 Å². The zero-order valence-corrected chi connectivity index (χ0v) is 17.3. The molecule has 29 heavy (non-hydrogen) atoms. The molecule has 0 unspecified atom stereocenters. The van der Waals surface area contributed by atoms with Gasteiger partial charge in [-0.1, -0.05) is 42.7 Å². The van der Waals surface area contributed by atoms with Crippen LogP contribution in [-0.2, 0) is 10.0 Å². The van der Waals surface area contributed by atoms with E-state index in [-0.39, 0.29) is 16.6 Å². The lowest BCUT2D eigenvalue weighted by molar-refractivity contribution is 0.562. The summed E-state index contributed by atoms with van der Waals surface area (Å²) in [5.74, 6) is 0. The summed E-state index contributed by atoms with van der Waals surface area (Å²) < 4.78 is 34.1. The molecule has 0 bridgehead atoms. The monoisotopic (exact) mass is 412 g/mol. The highest BCUT2D eigenvalue weighted by Crippen LogP contribution is 2.33. The van der Waals surface area contributed by atoms with Crippen LogP contribution in [-0.4, -0.2) is 14.5 Å². The maximum Gasteiger partial charge on any atom is 0.363 e. The number of hydrogen-bond acceptors (Lipinski definition) is 5. The maximum atomic E-state index is 13.1. The minimum absolute atomic E-state index is 0.0735. The normalized spacial score (nSPS) is 15.0. The Morgan fingerprint density at radius 1 is 1.00 bits per heavy atom. The molecule has 0 radical (unpaired) electrons. The molecule has 1 heterocycles. The Morgan fingerprint density at radius 2 is 1.72 bits per heavy atom. The predicted octanol–water partition coefficient (Wildman–Crippen LogP) is 4.57. The predicted molar refractivity (Wildman–Crippen MR) is 115 cm³/mol. The number of aryl methyl sites for hydroxylation is 2. The van der Waals surface area contributed by atoms with Crippen LogP contribution in [0.4, 0.5) is 11.4 Å². The first-order valence-electron chi connectivity index (χ1n) is 9.77. The van der Waals surface area contributed by atoms with Gasteiger partial charge in [-0.05, 0) is 50.5 Å². The van der Waals surface area contributed by atoms with Gasteiger partial charge in [0.1, 0.15) is 5.58 Å². The highest BCUT2D eigenvalue weighted by Gasteiger charge is 2.25. The Labute approximate surface area is 170 Å². The number of hydrogen-bond donors (Lipinski definition) is 2. The van der Waals surface area contributed by atoms with Gasteiger partial charge in [-0.25, -0.2) is 13.2 Å². The molecule has 1 aliphatic rings. The van der Waals surface area contributed by atoms with Crippen molar-refractivity contribution in [1.29, 1.82) is 0 Å². The van der Waals surface area contributed by atoms with Gasteiger partial charge < -0.3 is 9.73 Å². The average Bonchev–Trinajstić information content (AvgIpc) is 3.17. The number of para-hydroxylation sites is 1. The molecule has 0 atom stereocenters. The zero-order valence-electron chi connectivity index (χ0n) is 16.5. The van der Waals surface area contributed by atoms with Crippen molar-refractivity contribution < 1.29 is 12.8 Å². The lowest BCUT2D eigenvalue weighted by atomic mass is 10.1. The third-order valence-electron chi connectivity index (χ3n) is 5.37. The fourth-order valence-electron chi connectivity index (χ4n) is 3.96. The van der Waals surface area contributed by atoms with E-state index < -0.39 is 15.6 Å². The lowest BCUT2D eigenvalue weighted by Crippen LogP contribution is -2.23. The van der Waals surface area contributed by atoms with Crippen LogP contribution >= 0.6 is 0 Å². The van der Waals surface area contributed by atoms with Crippen molar-refractivity contribution in [1.82, 2.24) is 0 Å². The summed E-state index contributed by atoms with van der Waals surface area (Å²) in [6.07, 6.45) is 4.19. The molecule has 4 rings (SSSR count). The minimum atomic E-state index is -3.96. The second-order valence-electron chi connectivity index (χ2n) is 7.64. The van der Waals surface area contributed by atoms with E-state index in [1.807, 2.05) is 19.1 Å². The summed E-state index contributed by atoms with van der Waals surface area (Å²) in [6.45, 7) is 3.64. The Kier molecular flexibility index (Phi) is 5.08. The van der Waals surface area contributed by atoms with E-state index in [1.54, 1.807) is 37.3 Å². The third-order valence-corrected chi connectivity index (χ3v) is 6.88. The van der Waals surface area contributed by atoms with Crippen LogP contribution in [0.3, 0.4) is 0 Å². The van der Waals surface area contributed by atoms with Crippen LogP contribution in [0, 0.1) is 13.8 Å². The molecule has 2 N–H and O–H groups in total. The van der Waals surface area contributed by atoms with E-state index in [0.717, 1.165) is 31.2 Å². The van der Waals surface area contributed by atoms with E-state index in [0.29, 0.717) is 22.2 Å². The Bertz CT molecular complexity index is 1230. The van der Waals surface area contributed by atoms with Crippen LogP contribution < -0.4 is 15.7 Å². The Morgan fingerprint density at radius 3 is 2.45 bits per heavy atom. The Hall–Kier alpha value is -2.80. The molecule has 2 aromatic carbocycles. The molecule has 0 saturated heterocycles. The van der Waals surface area contributed by atoms with Crippen LogP contribution in [0.1, 0.15) is 36.8 Å². The van der Waals surface area contributed by atoms with Gasteiger partial charge in [0, 0.05) is 11.4 Å². The molecule has 1 fully saturated rings. The molecule has 3 aromatic rings. The van der Waals surface area contributed by atoms with Crippen LogP contribution in [0.25, 0.3) is 11.0 Å². The van der Waals surface area contributed by atoms with Crippen LogP contribution in [0.15, 0.2) is 56.6 Å². The molecule has 1 saturated carbocycles. The molecule has 7 heteroatoms. The lowest BCUT2D eigenvalue weighted by Gasteiger charge is -2.19. The first-order valence-corrected chi connectivity index (χ1v) is 11.3. The fourth-order valence-corrected chi connectivity index (χ4v) is 5.25. The minimum Gasteiger partial charge on any atom is -0.421 e. The van der Waals surface area contributed by atoms with Gasteiger partial charge in [-0.2, -0.15) is 0 Å². The number of anilines is 2. The quantitative estimate of drug-likeness (QED) is 0.600. The molecule has 1 aliphatic carbocycles. The highest BCUT2D eigenvalue weighted by atomic mass is 32.2. The van der Waals surface area contributed by atoms with Gasteiger partial charge in [0.2, 0.25) is 0 Å². The largest absolute Gasteiger partial charge is 0.421 e. The fraction of sp³-hybridized carbons (Fsp3) is 0.318. The van der Waals surface area contributed by atoms with Gasteiger partial charge >= 0.3 is 5.63 Å². The van der Waals surface area contributed by atoms with Crippen LogP contribution in [0.2, 0.25) is 0 Å². The number of sulfonamides is 1. The number of nitrogens with one attached hydrogen (secondary N) is 2. The maximum absolute atomic E-state index is 13.1. The molecule has 0 aliphatic heterocycles. The van der Waals surface area contributed by atoms with Crippen molar-refractivity contribution >= 4 is 32.4 Å². The zero-order chi connectivity index (χ0) is 20.6. The summed E-state index contributed by atoms with van der Waals surface area (Å²) in [5, 5.41) is 4.08. The van der Waals surface area contributed by atoms with Crippen molar-refractivity contribution in [2.75, 3.05) is 10.0 Å². The molecule has 152 valence electrons. The van der Waals surface area contributed by atoms with Crippen molar-refractivity contribution in [2.45, 2.75) is 50.5 Å². The van der Waals surface area contributed by atoms with Crippen molar-refractivity contribution in [3.05, 3.63) is 64.0 Å². The summed E-state index contributed by atoms with van der Waals surface area (Å²) >= 11 is 0. The molecule has 0 spiro atoms. The first-order chi connectivity index (χ1) is 13.8. The van der Waals surface area contributed by atoms with Crippen molar-refractivity contribution in [3.63, 3.8) is 0 Å². The van der Waals surface area contributed by atoms with Crippen molar-refractivity contribution in [2.24, 2.45) is 0 Å². The SMILES string of the molecule is Cc1ccc(S(=O)(=O)Nc2c(NC3CCCC3)c3ccccc3oc2=O)c(C)c1. The molecule has 1 aromatic heterocycles. The van der Waals surface area contributed by atoms with E-state index >= 15 is 0 Å². The van der Waals surface area contributed by atoms with Gasteiger partial charge in [0.05, 0.1) is 10.6 Å². The summed E-state index contributed by atoms with van der Waals surface area (Å²) in [5.41, 5.74) is 1.71. The van der Waals surface area contributed by atoms with Crippen molar-refractivity contribution in [3.8, 4) is 0 Å². The van der Waals surface area contributed by atoms with E-state index in [1.165, 1.54) is 0 Å². The van der Waals surface area contributed by atoms with Gasteiger partial charge in [-0.3, -0.25) is 4.72 Å². The van der Waals surface area contributed by atoms with E-state index in [2.05, 4.69) is 10.0 Å². The molecule has 6 nitrogen and oxygen atoms in total. The number of rotatable bonds is 5. The average molecular weight is 413 g/mol. The molecular weight excluding hydrogens is 388 g/mol. The first kappa shape index (κ1) is 19.5. The van der Waals surface area contributed by atoms with Gasteiger partial charge in [0.15, 0.2) is 5.69 Å². The van der Waals surface area contributed by atoms with Gasteiger partial charge in [-0.15, -0.1) is 0 Å². The second-order valence-corrected chi connectivity index (χ2v) is 9.29. The Balaban J connectivity index is 1.84. The number of benzene rings is 2. The third kappa shape index (κ3) is 3.87. The standard InChI is InChI=1S/C22H24N2O4S/c1-14-11-12-19(15(2)13-14)29(26,27)24-21-20(23-16-7-3-4-8-16)17-9-5-6-10-18(17)28-22(21)25/h5-6,9-13,16,23-24H,3-4,7-8H2,1-2H3. The summed E-state index contributed by atoms with van der Waals surface area (Å²) in [4.78, 5) is 12.9. The molecular formula is C22H24N2O4S. The topological polar surface area (TPSA) is 88.4 Å². The smallest absolute Gasteiger partial charge is 0.363 e. The summed E-state index contributed by atoms with van der Waals surface area (Å²) in [7, 11) is -3.96. The highest BCUT2D eigenvalue weighted by molar-refractivity contribution is 7.92. The number of fused-ring (bicyclic) bond motifs is 1. The van der Waals surface area contributed by atoms with E-state index in [4.69, 9.17) is 4.42 Å². The molecule has 0 amide bonds. The summed E-state index contributed by atoms with van der Waals surface area (Å²) in [6, 6.07) is 12.4. The van der Waals surface area contributed by atoms with Gasteiger partial charge in [0.25, 0.3) is 10.0 Å².